The molecule has 6 nitrogen and oxygen atoms in total. The van der Waals surface area contributed by atoms with Crippen LogP contribution in [0.15, 0.2) is 54.6 Å². The van der Waals surface area contributed by atoms with E-state index in [0.717, 1.165) is 29.7 Å². The van der Waals surface area contributed by atoms with Crippen LogP contribution in [0.5, 0.6) is 11.5 Å². The highest BCUT2D eigenvalue weighted by atomic mass is 16.5. The zero-order valence-electron chi connectivity index (χ0n) is 16.5. The van der Waals surface area contributed by atoms with Crippen molar-refractivity contribution in [1.29, 1.82) is 0 Å². The van der Waals surface area contributed by atoms with Crippen molar-refractivity contribution in [3.63, 3.8) is 0 Å². The zero-order valence-corrected chi connectivity index (χ0v) is 16.5. The van der Waals surface area contributed by atoms with Crippen molar-refractivity contribution >= 4 is 11.6 Å². The zero-order chi connectivity index (χ0) is 19.8. The second-order valence-electron chi connectivity index (χ2n) is 6.48. The molecule has 28 heavy (non-hydrogen) atoms. The lowest BCUT2D eigenvalue weighted by atomic mass is 10.1. The minimum Gasteiger partial charge on any atom is -0.497 e. The van der Waals surface area contributed by atoms with E-state index in [4.69, 9.17) is 9.47 Å². The summed E-state index contributed by atoms with van der Waals surface area (Å²) in [5.41, 5.74) is 2.47. The highest BCUT2D eigenvalue weighted by Crippen LogP contribution is 2.17. The average Bonchev–Trinajstić information content (AvgIpc) is 2.71. The first kappa shape index (κ1) is 19.5. The molecule has 3 aromatic rings. The van der Waals surface area contributed by atoms with Gasteiger partial charge < -0.3 is 20.1 Å². The molecule has 0 unspecified atom stereocenters. The van der Waals surface area contributed by atoms with Gasteiger partial charge in [0.25, 0.3) is 0 Å². The molecule has 0 saturated heterocycles. The molecule has 0 spiro atoms. The van der Waals surface area contributed by atoms with E-state index in [1.807, 2.05) is 37.3 Å². The van der Waals surface area contributed by atoms with E-state index in [2.05, 4.69) is 51.8 Å². The second-order valence-corrected chi connectivity index (χ2v) is 6.48. The third-order valence-electron chi connectivity index (χ3n) is 4.17. The topological polar surface area (TPSA) is 68.3 Å². The summed E-state index contributed by atoms with van der Waals surface area (Å²) < 4.78 is 10.9. The molecule has 0 aliphatic rings. The largest absolute Gasteiger partial charge is 0.497 e. The molecule has 0 aliphatic heterocycles. The molecule has 0 atom stereocenters. The summed E-state index contributed by atoms with van der Waals surface area (Å²) in [6, 6.07) is 17.9. The number of aromatic nitrogens is 2. The molecule has 0 fully saturated rings. The van der Waals surface area contributed by atoms with E-state index < -0.39 is 0 Å². The van der Waals surface area contributed by atoms with Crippen LogP contribution in [0.4, 0.5) is 11.6 Å². The quantitative estimate of drug-likeness (QED) is 0.544. The minimum atomic E-state index is 0.529. The number of nitrogens with zero attached hydrogens (tertiary/aromatic N) is 2. The summed E-state index contributed by atoms with van der Waals surface area (Å²) >= 11 is 0. The van der Waals surface area contributed by atoms with Gasteiger partial charge in [-0.3, -0.25) is 0 Å². The number of methoxy groups -OCH3 is 1. The Hall–Kier alpha value is -3.28. The van der Waals surface area contributed by atoms with Gasteiger partial charge >= 0.3 is 0 Å². The van der Waals surface area contributed by atoms with Crippen LogP contribution in [0, 0.1) is 13.8 Å². The Balaban J connectivity index is 1.48. The van der Waals surface area contributed by atoms with Gasteiger partial charge in [-0.05, 0) is 43.7 Å². The normalized spacial score (nSPS) is 10.4. The molecule has 0 aliphatic carbocycles. The molecule has 1 aromatic heterocycles. The van der Waals surface area contributed by atoms with Crippen LogP contribution in [-0.4, -0.2) is 30.2 Å². The number of ether oxygens (including phenoxy) is 2. The Morgan fingerprint density at radius 3 is 2.14 bits per heavy atom. The predicted octanol–water partition coefficient (Wildman–Crippen LogP) is 4.21. The van der Waals surface area contributed by atoms with E-state index in [1.165, 1.54) is 11.1 Å². The molecule has 2 N–H and O–H groups in total. The van der Waals surface area contributed by atoms with E-state index in [1.54, 1.807) is 7.11 Å². The SMILES string of the molecule is COc1ccc(OCCNc2cc(NCc3ccc(C)cc3)nc(C)n2)cc1. The molecule has 0 radical (unpaired) electrons. The number of aryl methyl sites for hydroxylation is 2. The van der Waals surface area contributed by atoms with Crippen LogP contribution in [0.1, 0.15) is 17.0 Å². The van der Waals surface area contributed by atoms with Crippen LogP contribution < -0.4 is 20.1 Å². The van der Waals surface area contributed by atoms with Crippen LogP contribution in [0.2, 0.25) is 0 Å². The van der Waals surface area contributed by atoms with Crippen LogP contribution in [0.3, 0.4) is 0 Å². The number of rotatable bonds is 9. The molecule has 2 aromatic carbocycles. The minimum absolute atomic E-state index is 0.529. The fourth-order valence-electron chi connectivity index (χ4n) is 2.67. The van der Waals surface area contributed by atoms with Gasteiger partial charge in [0.2, 0.25) is 0 Å². The summed E-state index contributed by atoms with van der Waals surface area (Å²) in [4.78, 5) is 8.89. The van der Waals surface area contributed by atoms with E-state index in [-0.39, 0.29) is 0 Å². The number of hydrogen-bond donors (Lipinski definition) is 2. The summed E-state index contributed by atoms with van der Waals surface area (Å²) in [5.74, 6) is 3.91. The van der Waals surface area contributed by atoms with Crippen molar-refractivity contribution in [3.8, 4) is 11.5 Å². The van der Waals surface area contributed by atoms with Crippen LogP contribution >= 0.6 is 0 Å². The second kappa shape index (κ2) is 9.60. The predicted molar refractivity (Wildman–Crippen MR) is 112 cm³/mol. The standard InChI is InChI=1S/C22H26N4O2/c1-16-4-6-18(7-5-16)15-24-22-14-21(25-17(2)26-22)23-12-13-28-20-10-8-19(27-3)9-11-20/h4-11,14H,12-13,15H2,1-3H3,(H2,23,24,25,26). The average molecular weight is 378 g/mol. The van der Waals surface area contributed by atoms with E-state index in [9.17, 15) is 0 Å². The molecule has 6 heteroatoms. The third kappa shape index (κ3) is 5.87. The maximum absolute atomic E-state index is 5.73. The lowest BCUT2D eigenvalue weighted by molar-refractivity contribution is 0.331. The number of nitrogens with one attached hydrogen (secondary N) is 2. The summed E-state index contributed by atoms with van der Waals surface area (Å²) in [6.45, 7) is 5.86. The fourth-order valence-corrected chi connectivity index (χ4v) is 2.67. The summed E-state index contributed by atoms with van der Waals surface area (Å²) in [5, 5.41) is 6.64. The van der Waals surface area contributed by atoms with Gasteiger partial charge in [-0.25, -0.2) is 9.97 Å². The Labute approximate surface area is 166 Å². The molecule has 0 saturated carbocycles. The van der Waals surface area contributed by atoms with Crippen LogP contribution in [-0.2, 0) is 6.54 Å². The van der Waals surface area contributed by atoms with Crippen molar-refractivity contribution in [2.24, 2.45) is 0 Å². The van der Waals surface area contributed by atoms with Crippen molar-refractivity contribution in [1.82, 2.24) is 9.97 Å². The Kier molecular flexibility index (Phi) is 6.68. The molecule has 3 rings (SSSR count). The Bertz CT molecular complexity index is 880. The van der Waals surface area contributed by atoms with Crippen molar-refractivity contribution in [2.75, 3.05) is 30.9 Å². The van der Waals surface area contributed by atoms with Crippen molar-refractivity contribution in [2.45, 2.75) is 20.4 Å². The maximum atomic E-state index is 5.73. The highest BCUT2D eigenvalue weighted by molar-refractivity contribution is 5.48. The van der Waals surface area contributed by atoms with Crippen molar-refractivity contribution < 1.29 is 9.47 Å². The fraction of sp³-hybridized carbons (Fsp3) is 0.273. The van der Waals surface area contributed by atoms with Crippen molar-refractivity contribution in [3.05, 3.63) is 71.5 Å². The highest BCUT2D eigenvalue weighted by Gasteiger charge is 2.03. The van der Waals surface area contributed by atoms with Crippen LogP contribution in [0.25, 0.3) is 0 Å². The Morgan fingerprint density at radius 2 is 1.46 bits per heavy atom. The van der Waals surface area contributed by atoms with Gasteiger partial charge in [0.1, 0.15) is 35.6 Å². The molecule has 0 bridgehead atoms. The number of hydrogen-bond acceptors (Lipinski definition) is 6. The molecular weight excluding hydrogens is 352 g/mol. The van der Waals surface area contributed by atoms with E-state index >= 15 is 0 Å². The number of anilines is 2. The lowest BCUT2D eigenvalue weighted by Gasteiger charge is -2.11. The van der Waals surface area contributed by atoms with Gasteiger partial charge in [0.05, 0.1) is 13.7 Å². The van der Waals surface area contributed by atoms with Gasteiger partial charge in [-0.15, -0.1) is 0 Å². The third-order valence-corrected chi connectivity index (χ3v) is 4.17. The number of benzene rings is 2. The smallest absolute Gasteiger partial charge is 0.132 e. The first-order valence-electron chi connectivity index (χ1n) is 9.28. The molecular formula is C22H26N4O2. The molecule has 0 amide bonds. The lowest BCUT2D eigenvalue weighted by Crippen LogP contribution is -2.13. The van der Waals surface area contributed by atoms with Gasteiger partial charge in [-0.1, -0.05) is 29.8 Å². The monoisotopic (exact) mass is 378 g/mol. The first-order chi connectivity index (χ1) is 13.6. The van der Waals surface area contributed by atoms with Gasteiger partial charge in [0.15, 0.2) is 0 Å². The first-order valence-corrected chi connectivity index (χ1v) is 9.28. The summed E-state index contributed by atoms with van der Waals surface area (Å²) in [7, 11) is 1.65. The van der Waals surface area contributed by atoms with Gasteiger partial charge in [-0.2, -0.15) is 0 Å². The molecule has 1 heterocycles. The summed E-state index contributed by atoms with van der Waals surface area (Å²) in [6.07, 6.45) is 0. The Morgan fingerprint density at radius 1 is 0.821 bits per heavy atom. The molecule has 146 valence electrons. The van der Waals surface area contributed by atoms with Gasteiger partial charge in [0, 0.05) is 12.6 Å². The maximum Gasteiger partial charge on any atom is 0.132 e. The van der Waals surface area contributed by atoms with E-state index in [0.29, 0.717) is 19.0 Å².